The number of amidine groups is 1. The Hall–Kier alpha value is -0.810. The standard InChI is InChI=1S/C6H7N3OS/c7-6-9-5-3(11-6)1-2-4(10)8-5/h1,6H,2,7H2,(H,8,9,10)/t6-/m0/s1. The van der Waals surface area contributed by atoms with Crippen molar-refractivity contribution >= 4 is 23.5 Å². The summed E-state index contributed by atoms with van der Waals surface area (Å²) in [5.41, 5.74) is 5.28. The summed E-state index contributed by atoms with van der Waals surface area (Å²) in [5.74, 6) is 0.626. The molecule has 1 amide bonds. The van der Waals surface area contributed by atoms with Crippen LogP contribution in [0.1, 0.15) is 6.42 Å². The molecule has 0 aromatic rings. The van der Waals surface area contributed by atoms with Gasteiger partial charge in [0.05, 0.1) is 0 Å². The summed E-state index contributed by atoms with van der Waals surface area (Å²) in [6.45, 7) is 0. The zero-order valence-electron chi connectivity index (χ0n) is 5.70. The maximum absolute atomic E-state index is 10.8. The molecule has 0 unspecified atom stereocenters. The number of nitrogens with two attached hydrogens (primary N) is 1. The van der Waals surface area contributed by atoms with Crippen molar-refractivity contribution in [2.75, 3.05) is 0 Å². The normalized spacial score (nSPS) is 28.8. The van der Waals surface area contributed by atoms with E-state index in [0.717, 1.165) is 4.91 Å². The Labute approximate surface area is 67.9 Å². The van der Waals surface area contributed by atoms with E-state index in [9.17, 15) is 4.79 Å². The summed E-state index contributed by atoms with van der Waals surface area (Å²) < 4.78 is 0. The van der Waals surface area contributed by atoms with Crippen molar-refractivity contribution in [3.8, 4) is 0 Å². The Balaban J connectivity index is 2.31. The van der Waals surface area contributed by atoms with Crippen molar-refractivity contribution in [3.63, 3.8) is 0 Å². The van der Waals surface area contributed by atoms with E-state index in [-0.39, 0.29) is 11.4 Å². The largest absolute Gasteiger partial charge is 0.310 e. The Morgan fingerprint density at radius 1 is 1.82 bits per heavy atom. The molecule has 11 heavy (non-hydrogen) atoms. The van der Waals surface area contributed by atoms with E-state index >= 15 is 0 Å². The molecule has 2 aliphatic rings. The second-order valence-electron chi connectivity index (χ2n) is 2.31. The molecule has 0 spiro atoms. The van der Waals surface area contributed by atoms with Gasteiger partial charge in [0.15, 0.2) is 5.50 Å². The van der Waals surface area contributed by atoms with Crippen LogP contribution in [-0.4, -0.2) is 17.2 Å². The molecular weight excluding hydrogens is 162 g/mol. The average Bonchev–Trinajstić information content (AvgIpc) is 2.27. The first-order valence-electron chi connectivity index (χ1n) is 3.26. The molecule has 0 saturated heterocycles. The minimum absolute atomic E-state index is 0.0119. The third-order valence-corrected chi connectivity index (χ3v) is 2.43. The lowest BCUT2D eigenvalue weighted by atomic mass is 10.3. The van der Waals surface area contributed by atoms with Gasteiger partial charge in [-0.25, -0.2) is 4.99 Å². The molecule has 58 valence electrons. The molecule has 2 heterocycles. The quantitative estimate of drug-likeness (QED) is 0.526. The summed E-state index contributed by atoms with van der Waals surface area (Å²) in [4.78, 5) is 15.8. The Morgan fingerprint density at radius 3 is 3.45 bits per heavy atom. The molecule has 0 saturated carbocycles. The van der Waals surface area contributed by atoms with Gasteiger partial charge in [-0.1, -0.05) is 17.8 Å². The van der Waals surface area contributed by atoms with Crippen molar-refractivity contribution in [1.82, 2.24) is 5.32 Å². The average molecular weight is 169 g/mol. The molecule has 4 nitrogen and oxygen atoms in total. The predicted molar refractivity (Wildman–Crippen MR) is 43.8 cm³/mol. The molecule has 2 rings (SSSR count). The third kappa shape index (κ3) is 1.17. The van der Waals surface area contributed by atoms with Gasteiger partial charge in [0.1, 0.15) is 5.84 Å². The fourth-order valence-electron chi connectivity index (χ4n) is 1.01. The fraction of sp³-hybridized carbons (Fsp3) is 0.333. The van der Waals surface area contributed by atoms with Crippen LogP contribution in [-0.2, 0) is 4.79 Å². The number of nitrogens with zero attached hydrogens (tertiary/aromatic N) is 1. The molecule has 1 atom stereocenters. The SMILES string of the molecule is N[C@H]1N=C2NC(=O)CC=C2S1. The second kappa shape index (κ2) is 2.35. The number of thioether (sulfide) groups is 1. The Kier molecular flexibility index (Phi) is 1.47. The number of nitrogens with one attached hydrogen (secondary N) is 1. The molecule has 0 aromatic carbocycles. The number of aliphatic imine (C=N–C) groups is 1. The van der Waals surface area contributed by atoms with Crippen molar-refractivity contribution in [1.29, 1.82) is 0 Å². The highest BCUT2D eigenvalue weighted by atomic mass is 32.2. The molecule has 0 radical (unpaired) electrons. The van der Waals surface area contributed by atoms with Crippen LogP contribution in [0.15, 0.2) is 16.0 Å². The molecule has 0 fully saturated rings. The zero-order valence-corrected chi connectivity index (χ0v) is 6.52. The van der Waals surface area contributed by atoms with Crippen LogP contribution in [0.4, 0.5) is 0 Å². The van der Waals surface area contributed by atoms with Crippen LogP contribution < -0.4 is 11.1 Å². The summed E-state index contributed by atoms with van der Waals surface area (Å²) >= 11 is 1.47. The number of amides is 1. The van der Waals surface area contributed by atoms with Gasteiger partial charge in [0.2, 0.25) is 5.91 Å². The van der Waals surface area contributed by atoms with Crippen LogP contribution in [0.2, 0.25) is 0 Å². The van der Waals surface area contributed by atoms with E-state index in [1.807, 2.05) is 6.08 Å². The fourth-order valence-corrected chi connectivity index (χ4v) is 1.82. The monoisotopic (exact) mass is 169 g/mol. The smallest absolute Gasteiger partial charge is 0.229 e. The van der Waals surface area contributed by atoms with Gasteiger partial charge in [-0.05, 0) is 0 Å². The second-order valence-corrected chi connectivity index (χ2v) is 3.47. The topological polar surface area (TPSA) is 67.5 Å². The minimum Gasteiger partial charge on any atom is -0.310 e. The van der Waals surface area contributed by atoms with Gasteiger partial charge in [-0.15, -0.1) is 0 Å². The van der Waals surface area contributed by atoms with E-state index < -0.39 is 0 Å². The van der Waals surface area contributed by atoms with Crippen LogP contribution in [0, 0.1) is 0 Å². The van der Waals surface area contributed by atoms with Gasteiger partial charge < -0.3 is 11.1 Å². The van der Waals surface area contributed by atoms with Crippen LogP contribution in [0.25, 0.3) is 0 Å². The first-order chi connectivity index (χ1) is 5.25. The van der Waals surface area contributed by atoms with Crippen molar-refractivity contribution in [2.24, 2.45) is 10.7 Å². The van der Waals surface area contributed by atoms with E-state index in [1.165, 1.54) is 11.8 Å². The first-order valence-corrected chi connectivity index (χ1v) is 4.14. The van der Waals surface area contributed by atoms with Gasteiger partial charge >= 0.3 is 0 Å². The highest BCUT2D eigenvalue weighted by Crippen LogP contribution is 2.29. The third-order valence-electron chi connectivity index (χ3n) is 1.47. The summed E-state index contributed by atoms with van der Waals surface area (Å²) in [5, 5.41) is 2.65. The first kappa shape index (κ1) is 6.87. The Morgan fingerprint density at radius 2 is 2.64 bits per heavy atom. The number of carbonyl (C=O) groups is 1. The summed E-state index contributed by atoms with van der Waals surface area (Å²) in [6.07, 6.45) is 2.29. The van der Waals surface area contributed by atoms with Gasteiger partial charge in [-0.2, -0.15) is 0 Å². The molecule has 2 aliphatic heterocycles. The summed E-state index contributed by atoms with van der Waals surface area (Å²) in [6, 6.07) is 0. The van der Waals surface area contributed by atoms with Crippen molar-refractivity contribution in [3.05, 3.63) is 11.0 Å². The molecule has 0 aromatic heterocycles. The van der Waals surface area contributed by atoms with Gasteiger partial charge in [0, 0.05) is 11.3 Å². The van der Waals surface area contributed by atoms with Gasteiger partial charge in [0.25, 0.3) is 0 Å². The lowest BCUT2D eigenvalue weighted by Crippen LogP contribution is -2.32. The molecule has 5 heteroatoms. The molecular formula is C6H7N3OS. The van der Waals surface area contributed by atoms with E-state index in [2.05, 4.69) is 10.3 Å². The predicted octanol–water partition coefficient (Wildman–Crippen LogP) is -0.222. The number of hydrogen-bond acceptors (Lipinski definition) is 4. The van der Waals surface area contributed by atoms with Crippen LogP contribution >= 0.6 is 11.8 Å². The van der Waals surface area contributed by atoms with E-state index in [0.29, 0.717) is 12.3 Å². The number of fused-ring (bicyclic) bond motifs is 1. The number of carbonyl (C=O) groups excluding carboxylic acids is 1. The van der Waals surface area contributed by atoms with E-state index in [1.54, 1.807) is 0 Å². The molecule has 3 N–H and O–H groups in total. The molecule has 0 bridgehead atoms. The zero-order chi connectivity index (χ0) is 7.84. The summed E-state index contributed by atoms with van der Waals surface area (Å²) in [7, 11) is 0. The van der Waals surface area contributed by atoms with Gasteiger partial charge in [-0.3, -0.25) is 4.79 Å². The minimum atomic E-state index is -0.241. The molecule has 0 aliphatic carbocycles. The van der Waals surface area contributed by atoms with E-state index in [4.69, 9.17) is 5.73 Å². The maximum atomic E-state index is 10.8. The highest BCUT2D eigenvalue weighted by Gasteiger charge is 2.24. The number of rotatable bonds is 0. The maximum Gasteiger partial charge on any atom is 0.229 e. The highest BCUT2D eigenvalue weighted by molar-refractivity contribution is 8.04. The van der Waals surface area contributed by atoms with Crippen molar-refractivity contribution < 1.29 is 4.79 Å². The van der Waals surface area contributed by atoms with Crippen LogP contribution in [0.3, 0.4) is 0 Å². The lowest BCUT2D eigenvalue weighted by Gasteiger charge is -2.09. The lowest BCUT2D eigenvalue weighted by molar-refractivity contribution is -0.118. The Bertz CT molecular complexity index is 271. The van der Waals surface area contributed by atoms with Crippen molar-refractivity contribution in [2.45, 2.75) is 11.9 Å². The number of hydrogen-bond donors (Lipinski definition) is 2. The van der Waals surface area contributed by atoms with Crippen LogP contribution in [0.5, 0.6) is 0 Å².